The fourth-order valence-electron chi connectivity index (χ4n) is 1.50. The van der Waals surface area contributed by atoms with Crippen molar-refractivity contribution < 1.29 is 14.3 Å². The largest absolute Gasteiger partial charge is 0.478 e. The summed E-state index contributed by atoms with van der Waals surface area (Å²) >= 11 is 0. The van der Waals surface area contributed by atoms with Gasteiger partial charge in [0.1, 0.15) is 5.82 Å². The van der Waals surface area contributed by atoms with Gasteiger partial charge in [0.25, 0.3) is 0 Å². The SMILES string of the molecule is O=C(O)/C=C/C1=CN(c2ccc(F)cc2)CN1. The zero-order chi connectivity index (χ0) is 12.3. The molecule has 1 aliphatic heterocycles. The van der Waals surface area contributed by atoms with Crippen LogP contribution in [-0.4, -0.2) is 17.7 Å². The molecule has 88 valence electrons. The number of carbonyl (C=O) groups is 1. The molecule has 1 aromatic rings. The molecule has 0 aromatic heterocycles. The van der Waals surface area contributed by atoms with Crippen LogP contribution in [0.25, 0.3) is 0 Å². The Labute approximate surface area is 97.7 Å². The van der Waals surface area contributed by atoms with Gasteiger partial charge in [-0.15, -0.1) is 0 Å². The van der Waals surface area contributed by atoms with E-state index in [0.29, 0.717) is 12.4 Å². The van der Waals surface area contributed by atoms with E-state index in [2.05, 4.69) is 5.32 Å². The van der Waals surface area contributed by atoms with Crippen LogP contribution in [0, 0.1) is 5.82 Å². The minimum Gasteiger partial charge on any atom is -0.478 e. The number of carboxylic acids is 1. The van der Waals surface area contributed by atoms with E-state index in [-0.39, 0.29) is 5.82 Å². The van der Waals surface area contributed by atoms with Crippen LogP contribution in [0.2, 0.25) is 0 Å². The molecule has 0 saturated heterocycles. The highest BCUT2D eigenvalue weighted by atomic mass is 19.1. The Hall–Kier alpha value is -2.30. The lowest BCUT2D eigenvalue weighted by Crippen LogP contribution is -2.20. The van der Waals surface area contributed by atoms with Crippen molar-refractivity contribution in [2.45, 2.75) is 0 Å². The summed E-state index contributed by atoms with van der Waals surface area (Å²) in [6.07, 6.45) is 4.31. The summed E-state index contributed by atoms with van der Waals surface area (Å²) < 4.78 is 12.7. The first-order chi connectivity index (χ1) is 8.15. The lowest BCUT2D eigenvalue weighted by molar-refractivity contribution is -0.131. The van der Waals surface area contributed by atoms with Gasteiger partial charge in [-0.2, -0.15) is 0 Å². The van der Waals surface area contributed by atoms with Gasteiger partial charge in [0, 0.05) is 18.0 Å². The van der Waals surface area contributed by atoms with Gasteiger partial charge < -0.3 is 15.3 Å². The summed E-state index contributed by atoms with van der Waals surface area (Å²) in [4.78, 5) is 12.2. The van der Waals surface area contributed by atoms with Crippen LogP contribution in [0.3, 0.4) is 0 Å². The third-order valence-corrected chi connectivity index (χ3v) is 2.31. The summed E-state index contributed by atoms with van der Waals surface area (Å²) in [5.74, 6) is -1.27. The summed E-state index contributed by atoms with van der Waals surface area (Å²) in [6, 6.07) is 6.09. The van der Waals surface area contributed by atoms with Crippen LogP contribution in [0.4, 0.5) is 10.1 Å². The molecule has 0 bridgehead atoms. The van der Waals surface area contributed by atoms with Gasteiger partial charge in [0.2, 0.25) is 0 Å². The molecule has 1 aliphatic rings. The van der Waals surface area contributed by atoms with Crippen LogP contribution >= 0.6 is 0 Å². The standard InChI is InChI=1S/C12H11FN2O2/c13-9-1-4-11(5-2-9)15-7-10(14-8-15)3-6-12(16)17/h1-7,14H,8H2,(H,16,17)/b6-3+. The second kappa shape index (κ2) is 4.69. The Morgan fingerprint density at radius 1 is 1.41 bits per heavy atom. The van der Waals surface area contributed by atoms with Gasteiger partial charge in [-0.1, -0.05) is 0 Å². The molecule has 0 fully saturated rings. The van der Waals surface area contributed by atoms with Crippen molar-refractivity contribution in [3.05, 3.63) is 54.1 Å². The molecule has 1 aromatic carbocycles. The first-order valence-corrected chi connectivity index (χ1v) is 5.04. The molecule has 0 aliphatic carbocycles. The topological polar surface area (TPSA) is 52.6 Å². The van der Waals surface area contributed by atoms with Crippen LogP contribution in [0.1, 0.15) is 0 Å². The molecule has 0 unspecified atom stereocenters. The average molecular weight is 234 g/mol. The minimum absolute atomic E-state index is 0.282. The van der Waals surface area contributed by atoms with E-state index in [0.717, 1.165) is 11.8 Å². The number of anilines is 1. The maximum atomic E-state index is 12.7. The number of halogens is 1. The quantitative estimate of drug-likeness (QED) is 0.781. The zero-order valence-electron chi connectivity index (χ0n) is 8.93. The molecular formula is C12H11FN2O2. The highest BCUT2D eigenvalue weighted by Gasteiger charge is 2.11. The molecule has 1 heterocycles. The van der Waals surface area contributed by atoms with E-state index in [1.807, 2.05) is 4.90 Å². The van der Waals surface area contributed by atoms with E-state index < -0.39 is 5.97 Å². The lowest BCUT2D eigenvalue weighted by Gasteiger charge is -2.13. The van der Waals surface area contributed by atoms with Crippen molar-refractivity contribution in [2.75, 3.05) is 11.6 Å². The van der Waals surface area contributed by atoms with Crippen LogP contribution < -0.4 is 10.2 Å². The maximum Gasteiger partial charge on any atom is 0.328 e. The van der Waals surface area contributed by atoms with Crippen LogP contribution in [0.5, 0.6) is 0 Å². The van der Waals surface area contributed by atoms with Gasteiger partial charge in [0.05, 0.1) is 12.4 Å². The Balaban J connectivity index is 2.10. The highest BCUT2D eigenvalue weighted by Crippen LogP contribution is 2.18. The number of nitrogens with zero attached hydrogens (tertiary/aromatic N) is 1. The highest BCUT2D eigenvalue weighted by molar-refractivity contribution is 5.80. The van der Waals surface area contributed by atoms with E-state index >= 15 is 0 Å². The normalized spacial score (nSPS) is 14.9. The van der Waals surface area contributed by atoms with Gasteiger partial charge in [-0.3, -0.25) is 0 Å². The number of allylic oxidation sites excluding steroid dienone is 1. The smallest absolute Gasteiger partial charge is 0.328 e. The Kier molecular flexibility index (Phi) is 3.09. The molecule has 17 heavy (non-hydrogen) atoms. The third kappa shape index (κ3) is 2.84. The fourth-order valence-corrected chi connectivity index (χ4v) is 1.50. The molecule has 4 nitrogen and oxygen atoms in total. The van der Waals surface area contributed by atoms with Crippen molar-refractivity contribution in [1.29, 1.82) is 0 Å². The molecule has 0 atom stereocenters. The predicted octanol–water partition coefficient (Wildman–Crippen LogP) is 1.68. The Bertz CT molecular complexity index is 480. The van der Waals surface area contributed by atoms with Crippen molar-refractivity contribution >= 4 is 11.7 Å². The van der Waals surface area contributed by atoms with Crippen molar-refractivity contribution in [3.63, 3.8) is 0 Å². The van der Waals surface area contributed by atoms with Crippen molar-refractivity contribution in [2.24, 2.45) is 0 Å². The molecule has 0 amide bonds. The second-order valence-electron chi connectivity index (χ2n) is 3.54. The van der Waals surface area contributed by atoms with E-state index in [1.165, 1.54) is 18.2 Å². The van der Waals surface area contributed by atoms with Gasteiger partial charge in [-0.25, -0.2) is 9.18 Å². The van der Waals surface area contributed by atoms with E-state index in [4.69, 9.17) is 5.11 Å². The second-order valence-corrected chi connectivity index (χ2v) is 3.54. The summed E-state index contributed by atoms with van der Waals surface area (Å²) in [5.41, 5.74) is 1.55. The van der Waals surface area contributed by atoms with Gasteiger partial charge in [0.15, 0.2) is 0 Å². The first-order valence-electron chi connectivity index (χ1n) is 5.04. The molecule has 0 spiro atoms. The minimum atomic E-state index is -0.993. The van der Waals surface area contributed by atoms with Crippen LogP contribution in [-0.2, 0) is 4.79 Å². The van der Waals surface area contributed by atoms with Gasteiger partial charge in [-0.05, 0) is 30.3 Å². The zero-order valence-corrected chi connectivity index (χ0v) is 8.93. The number of rotatable bonds is 3. The number of hydrogen-bond acceptors (Lipinski definition) is 3. The predicted molar refractivity (Wildman–Crippen MR) is 61.7 cm³/mol. The third-order valence-electron chi connectivity index (χ3n) is 2.31. The van der Waals surface area contributed by atoms with Crippen molar-refractivity contribution in [1.82, 2.24) is 5.32 Å². The molecule has 2 N–H and O–H groups in total. The average Bonchev–Trinajstić information content (AvgIpc) is 2.76. The van der Waals surface area contributed by atoms with E-state index in [9.17, 15) is 9.18 Å². The summed E-state index contributed by atoms with van der Waals surface area (Å²) in [5, 5.41) is 11.5. The Morgan fingerprint density at radius 3 is 2.76 bits per heavy atom. The van der Waals surface area contributed by atoms with E-state index in [1.54, 1.807) is 18.3 Å². The van der Waals surface area contributed by atoms with Crippen molar-refractivity contribution in [3.8, 4) is 0 Å². The Morgan fingerprint density at radius 2 is 2.12 bits per heavy atom. The lowest BCUT2D eigenvalue weighted by atomic mass is 10.3. The number of hydrogen-bond donors (Lipinski definition) is 2. The molecule has 0 saturated carbocycles. The number of aliphatic carboxylic acids is 1. The fraction of sp³-hybridized carbons (Fsp3) is 0.0833. The molecule has 5 heteroatoms. The maximum absolute atomic E-state index is 12.7. The molecule has 0 radical (unpaired) electrons. The first kappa shape index (κ1) is 11.2. The number of carboxylic acid groups (broad SMARTS) is 1. The summed E-state index contributed by atoms with van der Waals surface area (Å²) in [7, 11) is 0. The monoisotopic (exact) mass is 234 g/mol. The number of nitrogens with one attached hydrogen (secondary N) is 1. The molecule has 2 rings (SSSR count). The number of benzene rings is 1. The summed E-state index contributed by atoms with van der Waals surface area (Å²) in [6.45, 7) is 0.533. The molecular weight excluding hydrogens is 223 g/mol. The van der Waals surface area contributed by atoms with Gasteiger partial charge >= 0.3 is 5.97 Å². The van der Waals surface area contributed by atoms with Crippen LogP contribution in [0.15, 0.2) is 48.3 Å².